The molecule has 4 heteroatoms. The normalized spacial score (nSPS) is 8.25. The Morgan fingerprint density at radius 1 is 1.31 bits per heavy atom. The molecule has 0 aliphatic rings. The number of amides is 1. The van der Waals surface area contributed by atoms with Gasteiger partial charge in [0.15, 0.2) is 0 Å². The fourth-order valence-electron chi connectivity index (χ4n) is 0.839. The summed E-state index contributed by atoms with van der Waals surface area (Å²) < 4.78 is 4.27. The molecule has 0 atom stereocenters. The lowest BCUT2D eigenvalue weighted by atomic mass is 10.4. The summed E-state index contributed by atoms with van der Waals surface area (Å²) in [4.78, 5) is 22.7. The minimum Gasteiger partial charge on any atom is -0.466 e. The second kappa shape index (κ2) is 9.96. The molecule has 92 valence electrons. The largest absolute Gasteiger partial charge is 0.466 e. The average Bonchev–Trinajstić information content (AvgIpc) is 2.29. The van der Waals surface area contributed by atoms with Crippen molar-refractivity contribution in [3.63, 3.8) is 0 Å². The van der Waals surface area contributed by atoms with E-state index in [9.17, 15) is 9.59 Å². The van der Waals surface area contributed by atoms with Crippen molar-refractivity contribution in [2.45, 2.75) is 20.8 Å². The van der Waals surface area contributed by atoms with E-state index in [0.29, 0.717) is 5.57 Å². The lowest BCUT2D eigenvalue weighted by molar-refractivity contribution is -0.136. The van der Waals surface area contributed by atoms with E-state index in [-0.39, 0.29) is 11.9 Å². The number of nitrogens with zero attached hydrogens (tertiary/aromatic N) is 1. The van der Waals surface area contributed by atoms with Crippen LogP contribution in [0, 0.1) is 0 Å². The minimum absolute atomic E-state index is 0.0139. The molecule has 0 bridgehead atoms. The highest BCUT2D eigenvalue weighted by molar-refractivity contribution is 5.87. The van der Waals surface area contributed by atoms with Crippen molar-refractivity contribution in [2.75, 3.05) is 20.2 Å². The number of hydrogen-bond acceptors (Lipinski definition) is 3. The van der Waals surface area contributed by atoms with Crippen LogP contribution in [0.3, 0.4) is 0 Å². The molecule has 0 radical (unpaired) electrons. The number of carbonyl (C=O) groups excluding carboxylic acids is 2. The molecule has 0 aromatic heterocycles. The second-order valence-corrected chi connectivity index (χ2v) is 2.99. The molecule has 0 aromatic carbocycles. The predicted molar refractivity (Wildman–Crippen MR) is 65.0 cm³/mol. The second-order valence-electron chi connectivity index (χ2n) is 2.99. The van der Waals surface area contributed by atoms with Gasteiger partial charge in [0, 0.05) is 18.7 Å². The van der Waals surface area contributed by atoms with E-state index in [0.717, 1.165) is 13.1 Å². The number of esters is 1. The number of likely N-dealkylation sites (N-methyl/N-ethyl adjacent to an activating group) is 1. The Bertz CT molecular complexity index is 255. The first-order valence-corrected chi connectivity index (χ1v) is 5.09. The van der Waals surface area contributed by atoms with Gasteiger partial charge in [-0.2, -0.15) is 0 Å². The highest BCUT2D eigenvalue weighted by atomic mass is 16.5. The summed E-state index contributed by atoms with van der Waals surface area (Å²) in [5.41, 5.74) is 0.433. The smallest absolute Gasteiger partial charge is 0.332 e. The Labute approximate surface area is 97.6 Å². The van der Waals surface area contributed by atoms with Gasteiger partial charge in [-0.05, 0) is 26.8 Å². The van der Waals surface area contributed by atoms with Crippen LogP contribution in [0.2, 0.25) is 0 Å². The van der Waals surface area contributed by atoms with Gasteiger partial charge in [0.1, 0.15) is 0 Å². The number of carbonyl (C=O) groups is 2. The first kappa shape index (κ1) is 16.8. The van der Waals surface area contributed by atoms with Crippen LogP contribution in [0.4, 0.5) is 0 Å². The standard InChI is InChI=1S/C7H13NO.C5H8O2/c1-4-7(9)8(5-2)6-3;1-4(2)5(6)7-3/h4H,1,5-6H2,2-3H3;1H2,2-3H3. The third-order valence-electron chi connectivity index (χ3n) is 1.78. The van der Waals surface area contributed by atoms with Crippen LogP contribution in [0.15, 0.2) is 24.8 Å². The van der Waals surface area contributed by atoms with E-state index >= 15 is 0 Å². The van der Waals surface area contributed by atoms with Gasteiger partial charge in [-0.3, -0.25) is 4.79 Å². The van der Waals surface area contributed by atoms with Gasteiger partial charge in [0.05, 0.1) is 7.11 Å². The zero-order chi connectivity index (χ0) is 13.1. The molecular weight excluding hydrogens is 206 g/mol. The molecule has 0 fully saturated rings. The molecule has 0 unspecified atom stereocenters. The summed E-state index contributed by atoms with van der Waals surface area (Å²) in [5, 5.41) is 0. The molecular formula is C12H21NO3. The average molecular weight is 227 g/mol. The molecule has 16 heavy (non-hydrogen) atoms. The maximum atomic E-state index is 10.8. The predicted octanol–water partition coefficient (Wildman–Crippen LogP) is 1.78. The van der Waals surface area contributed by atoms with Crippen LogP contribution in [-0.4, -0.2) is 37.0 Å². The van der Waals surface area contributed by atoms with Crippen LogP contribution in [0.5, 0.6) is 0 Å². The molecule has 0 aromatic rings. The van der Waals surface area contributed by atoms with Gasteiger partial charge in [-0.25, -0.2) is 4.79 Å². The Hall–Kier alpha value is -1.58. The molecule has 1 amide bonds. The molecule has 0 saturated carbocycles. The molecule has 0 N–H and O–H groups in total. The summed E-state index contributed by atoms with van der Waals surface area (Å²) in [5.74, 6) is -0.333. The van der Waals surface area contributed by atoms with Crippen molar-refractivity contribution < 1.29 is 14.3 Å². The number of methoxy groups -OCH3 is 1. The maximum Gasteiger partial charge on any atom is 0.332 e. The van der Waals surface area contributed by atoms with E-state index in [2.05, 4.69) is 17.9 Å². The van der Waals surface area contributed by atoms with E-state index in [1.54, 1.807) is 11.8 Å². The molecule has 0 rings (SSSR count). The highest BCUT2D eigenvalue weighted by Gasteiger charge is 2.01. The van der Waals surface area contributed by atoms with E-state index < -0.39 is 0 Å². The summed E-state index contributed by atoms with van der Waals surface area (Å²) in [6, 6.07) is 0. The van der Waals surface area contributed by atoms with Crippen molar-refractivity contribution in [1.29, 1.82) is 0 Å². The maximum absolute atomic E-state index is 10.8. The van der Waals surface area contributed by atoms with Crippen LogP contribution >= 0.6 is 0 Å². The number of ether oxygens (including phenoxy) is 1. The lowest BCUT2D eigenvalue weighted by Gasteiger charge is -2.15. The summed E-state index contributed by atoms with van der Waals surface area (Å²) in [6.07, 6.45) is 1.34. The zero-order valence-electron chi connectivity index (χ0n) is 10.6. The van der Waals surface area contributed by atoms with Crippen LogP contribution in [0.25, 0.3) is 0 Å². The van der Waals surface area contributed by atoms with Gasteiger partial charge in [0.25, 0.3) is 0 Å². The fraction of sp³-hybridized carbons (Fsp3) is 0.500. The quantitative estimate of drug-likeness (QED) is 0.543. The zero-order valence-corrected chi connectivity index (χ0v) is 10.6. The van der Waals surface area contributed by atoms with Gasteiger partial charge >= 0.3 is 5.97 Å². The van der Waals surface area contributed by atoms with Crippen molar-refractivity contribution in [2.24, 2.45) is 0 Å². The van der Waals surface area contributed by atoms with Gasteiger partial charge in [0.2, 0.25) is 5.91 Å². The van der Waals surface area contributed by atoms with Gasteiger partial charge in [-0.15, -0.1) is 0 Å². The summed E-state index contributed by atoms with van der Waals surface area (Å²) >= 11 is 0. The van der Waals surface area contributed by atoms with E-state index in [1.165, 1.54) is 13.2 Å². The fourth-order valence-corrected chi connectivity index (χ4v) is 0.839. The molecule has 0 aliphatic heterocycles. The van der Waals surface area contributed by atoms with Crippen LogP contribution in [0.1, 0.15) is 20.8 Å². The minimum atomic E-state index is -0.347. The Balaban J connectivity index is 0. The molecule has 4 nitrogen and oxygen atoms in total. The van der Waals surface area contributed by atoms with E-state index in [1.807, 2.05) is 13.8 Å². The van der Waals surface area contributed by atoms with Gasteiger partial charge < -0.3 is 9.64 Å². The topological polar surface area (TPSA) is 46.6 Å². The monoisotopic (exact) mass is 227 g/mol. The van der Waals surface area contributed by atoms with Crippen molar-refractivity contribution in [3.05, 3.63) is 24.8 Å². The third kappa shape index (κ3) is 7.79. The SMILES string of the molecule is C=C(C)C(=O)OC.C=CC(=O)N(CC)CC. The number of rotatable bonds is 4. The Morgan fingerprint density at radius 2 is 1.75 bits per heavy atom. The Kier molecular flexibility index (Phi) is 10.5. The molecule has 0 aliphatic carbocycles. The lowest BCUT2D eigenvalue weighted by Crippen LogP contribution is -2.28. The van der Waals surface area contributed by atoms with Gasteiger partial charge in [-0.1, -0.05) is 13.2 Å². The molecule has 0 saturated heterocycles. The first-order valence-electron chi connectivity index (χ1n) is 5.09. The highest BCUT2D eigenvalue weighted by Crippen LogP contribution is 1.87. The third-order valence-corrected chi connectivity index (χ3v) is 1.78. The summed E-state index contributed by atoms with van der Waals surface area (Å²) in [7, 11) is 1.33. The van der Waals surface area contributed by atoms with Crippen LogP contribution in [-0.2, 0) is 14.3 Å². The first-order chi connectivity index (χ1) is 7.44. The Morgan fingerprint density at radius 3 is 1.81 bits per heavy atom. The van der Waals surface area contributed by atoms with E-state index in [4.69, 9.17) is 0 Å². The summed E-state index contributed by atoms with van der Waals surface area (Å²) in [6.45, 7) is 13.8. The van der Waals surface area contributed by atoms with Crippen molar-refractivity contribution in [1.82, 2.24) is 4.90 Å². The molecule has 0 heterocycles. The number of hydrogen-bond donors (Lipinski definition) is 0. The van der Waals surface area contributed by atoms with Crippen molar-refractivity contribution in [3.8, 4) is 0 Å². The van der Waals surface area contributed by atoms with Crippen molar-refractivity contribution >= 4 is 11.9 Å². The molecule has 0 spiro atoms. The van der Waals surface area contributed by atoms with Crippen LogP contribution < -0.4 is 0 Å².